The zero-order chi connectivity index (χ0) is 23.2. The van der Waals surface area contributed by atoms with E-state index < -0.39 is 23.2 Å². The Balaban J connectivity index is 1.55. The fraction of sp³-hybridized carbons (Fsp3) is 0.545. The van der Waals surface area contributed by atoms with Crippen molar-refractivity contribution in [3.63, 3.8) is 0 Å². The highest BCUT2D eigenvalue weighted by atomic mass is 19.1. The van der Waals surface area contributed by atoms with Gasteiger partial charge in [0.1, 0.15) is 11.2 Å². The molecule has 10 nitrogen and oxygen atoms in total. The van der Waals surface area contributed by atoms with Gasteiger partial charge in [0.25, 0.3) is 0 Å². The molecule has 0 spiro atoms. The summed E-state index contributed by atoms with van der Waals surface area (Å²) in [5, 5.41) is 10.5. The van der Waals surface area contributed by atoms with Crippen molar-refractivity contribution < 1.29 is 23.8 Å². The highest BCUT2D eigenvalue weighted by molar-refractivity contribution is 6.01. The number of nitrogens with two attached hydrogens (primary N) is 2. The number of fused-ring (bicyclic) bond motifs is 2. The second kappa shape index (κ2) is 6.66. The fourth-order valence-corrected chi connectivity index (χ4v) is 6.65. The second-order valence-corrected chi connectivity index (χ2v) is 9.84. The molecule has 11 heteroatoms. The van der Waals surface area contributed by atoms with Crippen LogP contribution in [0.2, 0.25) is 0 Å². The number of carboxylic acid groups (broad SMARTS) is 1. The van der Waals surface area contributed by atoms with Gasteiger partial charge in [0.05, 0.1) is 17.3 Å². The second-order valence-electron chi connectivity index (χ2n) is 9.84. The molecule has 0 radical (unpaired) electrons. The van der Waals surface area contributed by atoms with E-state index in [-0.39, 0.29) is 40.7 Å². The van der Waals surface area contributed by atoms with Crippen LogP contribution >= 0.6 is 0 Å². The van der Waals surface area contributed by atoms with Crippen LogP contribution in [0.25, 0.3) is 10.9 Å². The van der Waals surface area contributed by atoms with Gasteiger partial charge in [-0.1, -0.05) is 0 Å². The Morgan fingerprint density at radius 2 is 2.06 bits per heavy atom. The standard InChI is InChI=1S/C22H26FN5O5/c1-26-9-32-20-17-14(19(29)13(8-28(17)26)33-21(30)31)16(24)15(23)18(20)27-6-11-10-2-4-22(25,5-3-10)12(11)7-27/h8,10-12H,2-7,9,24-25H2,1H3,(H,30,31). The molecule has 1 aromatic carbocycles. The SMILES string of the molecule is CN1COc2c(N3CC4C5CCC(N)(CC5)C4C3)c(F)c(N)c3c(=O)c(OC(=O)O)cn1c23. The molecular formula is C22H26FN5O5. The fourth-order valence-electron chi connectivity index (χ4n) is 6.65. The lowest BCUT2D eigenvalue weighted by Gasteiger charge is -2.52. The highest BCUT2D eigenvalue weighted by Gasteiger charge is 2.55. The Hall–Kier alpha value is -3.21. The molecular weight excluding hydrogens is 433 g/mol. The molecule has 2 atom stereocenters. The zero-order valence-electron chi connectivity index (χ0n) is 18.2. The minimum absolute atomic E-state index is 0.0674. The number of benzene rings is 1. The van der Waals surface area contributed by atoms with Crippen molar-refractivity contribution in [2.75, 3.05) is 42.5 Å². The lowest BCUT2D eigenvalue weighted by Crippen LogP contribution is -2.58. The summed E-state index contributed by atoms with van der Waals surface area (Å²) in [4.78, 5) is 26.1. The molecule has 7 rings (SSSR count). The summed E-state index contributed by atoms with van der Waals surface area (Å²) in [5.41, 5.74) is 12.1. The van der Waals surface area contributed by atoms with Crippen molar-refractivity contribution in [2.24, 2.45) is 23.5 Å². The molecule has 4 fully saturated rings. The van der Waals surface area contributed by atoms with E-state index in [1.807, 2.05) is 4.90 Å². The van der Waals surface area contributed by atoms with Crippen molar-refractivity contribution in [1.82, 2.24) is 4.68 Å². The predicted octanol–water partition coefficient (Wildman–Crippen LogP) is 1.65. The first-order chi connectivity index (χ1) is 15.7. The van der Waals surface area contributed by atoms with E-state index >= 15 is 4.39 Å². The van der Waals surface area contributed by atoms with Crippen molar-refractivity contribution in [3.05, 3.63) is 22.2 Å². The molecule has 2 bridgehead atoms. The van der Waals surface area contributed by atoms with Crippen molar-refractivity contribution in [2.45, 2.75) is 31.2 Å². The molecule has 2 unspecified atom stereocenters. The summed E-state index contributed by atoms with van der Waals surface area (Å²) in [7, 11) is 1.69. The van der Waals surface area contributed by atoms with E-state index in [1.165, 1.54) is 10.9 Å². The van der Waals surface area contributed by atoms with Gasteiger partial charge in [-0.2, -0.15) is 0 Å². The van der Waals surface area contributed by atoms with Crippen LogP contribution < -0.4 is 36.3 Å². The van der Waals surface area contributed by atoms with Crippen LogP contribution in [0.4, 0.5) is 20.6 Å². The van der Waals surface area contributed by atoms with Gasteiger partial charge in [0.2, 0.25) is 11.2 Å². The smallest absolute Gasteiger partial charge is 0.467 e. The molecule has 33 heavy (non-hydrogen) atoms. The molecule has 3 aliphatic carbocycles. The largest absolute Gasteiger partial charge is 0.511 e. The van der Waals surface area contributed by atoms with Crippen LogP contribution in [-0.2, 0) is 0 Å². The number of ether oxygens (including phenoxy) is 2. The van der Waals surface area contributed by atoms with Gasteiger partial charge in [-0.3, -0.25) is 14.5 Å². The summed E-state index contributed by atoms with van der Waals surface area (Å²) >= 11 is 0. The van der Waals surface area contributed by atoms with Crippen LogP contribution in [-0.4, -0.2) is 48.3 Å². The molecule has 176 valence electrons. The maximum atomic E-state index is 15.8. The first-order valence-corrected chi connectivity index (χ1v) is 11.2. The van der Waals surface area contributed by atoms with Crippen LogP contribution in [0.3, 0.4) is 0 Å². The van der Waals surface area contributed by atoms with Gasteiger partial charge in [-0.15, -0.1) is 0 Å². The number of halogens is 1. The topological polar surface area (TPSA) is 136 Å². The third-order valence-electron chi connectivity index (χ3n) is 8.25. The third kappa shape index (κ3) is 2.68. The summed E-state index contributed by atoms with van der Waals surface area (Å²) < 4.78 is 28.0. The number of aromatic nitrogens is 1. The van der Waals surface area contributed by atoms with E-state index in [4.69, 9.17) is 21.3 Å². The monoisotopic (exact) mass is 459 g/mol. The number of pyridine rings is 1. The Labute approximate surface area is 188 Å². The average molecular weight is 459 g/mol. The number of nitrogen functional groups attached to an aromatic ring is 1. The van der Waals surface area contributed by atoms with Crippen LogP contribution in [0.5, 0.6) is 11.5 Å². The van der Waals surface area contributed by atoms with Gasteiger partial charge in [-0.05, 0) is 43.4 Å². The Morgan fingerprint density at radius 1 is 1.33 bits per heavy atom. The van der Waals surface area contributed by atoms with Crippen LogP contribution in [0.15, 0.2) is 11.0 Å². The quantitative estimate of drug-likeness (QED) is 0.452. The van der Waals surface area contributed by atoms with Crippen LogP contribution in [0.1, 0.15) is 25.7 Å². The zero-order valence-corrected chi connectivity index (χ0v) is 18.2. The third-order valence-corrected chi connectivity index (χ3v) is 8.25. The number of hydrogen-bond donors (Lipinski definition) is 3. The van der Waals surface area contributed by atoms with E-state index in [9.17, 15) is 9.59 Å². The molecule has 2 aliphatic heterocycles. The lowest BCUT2D eigenvalue weighted by molar-refractivity contribution is 0.0318. The molecule has 2 aromatic rings. The Kier molecular flexibility index (Phi) is 4.12. The minimum Gasteiger partial charge on any atom is -0.467 e. The Morgan fingerprint density at radius 3 is 2.73 bits per heavy atom. The minimum atomic E-state index is -1.64. The maximum Gasteiger partial charge on any atom is 0.511 e. The van der Waals surface area contributed by atoms with E-state index in [2.05, 4.69) is 4.74 Å². The number of nitrogens with zero attached hydrogens (tertiary/aromatic N) is 3. The summed E-state index contributed by atoms with van der Waals surface area (Å²) in [6.07, 6.45) is 3.83. The molecule has 1 saturated heterocycles. The summed E-state index contributed by atoms with van der Waals surface area (Å²) in [6, 6.07) is 0. The first-order valence-electron chi connectivity index (χ1n) is 11.2. The molecule has 1 aromatic heterocycles. The first kappa shape index (κ1) is 20.4. The molecule has 3 heterocycles. The highest BCUT2D eigenvalue weighted by Crippen LogP contribution is 2.55. The molecule has 5 aliphatic rings. The van der Waals surface area contributed by atoms with E-state index in [1.54, 1.807) is 12.1 Å². The number of anilines is 2. The van der Waals surface area contributed by atoms with Crippen molar-refractivity contribution in [3.8, 4) is 11.5 Å². The average Bonchev–Trinajstić information content (AvgIpc) is 3.23. The van der Waals surface area contributed by atoms with Gasteiger partial charge in [0, 0.05) is 25.7 Å². The summed E-state index contributed by atoms with van der Waals surface area (Å²) in [6.45, 7) is 1.33. The van der Waals surface area contributed by atoms with E-state index in [0.717, 1.165) is 25.7 Å². The van der Waals surface area contributed by atoms with Crippen LogP contribution in [0, 0.1) is 23.6 Å². The number of hydrogen-bond acceptors (Lipinski definition) is 8. The van der Waals surface area contributed by atoms with Gasteiger partial charge >= 0.3 is 6.16 Å². The summed E-state index contributed by atoms with van der Waals surface area (Å²) in [5.74, 6) is 0.279. The lowest BCUT2D eigenvalue weighted by atomic mass is 9.56. The van der Waals surface area contributed by atoms with E-state index in [0.29, 0.717) is 30.4 Å². The molecule has 5 N–H and O–H groups in total. The molecule has 0 amide bonds. The van der Waals surface area contributed by atoms with Gasteiger partial charge in [0.15, 0.2) is 18.3 Å². The number of carbonyl (C=O) groups is 1. The van der Waals surface area contributed by atoms with Gasteiger partial charge < -0.3 is 30.9 Å². The maximum absolute atomic E-state index is 15.8. The molecule has 3 saturated carbocycles. The van der Waals surface area contributed by atoms with Crippen molar-refractivity contribution >= 4 is 28.4 Å². The normalized spacial score (nSPS) is 29.8. The predicted molar refractivity (Wildman–Crippen MR) is 119 cm³/mol. The Bertz CT molecular complexity index is 1250. The van der Waals surface area contributed by atoms with Crippen molar-refractivity contribution in [1.29, 1.82) is 0 Å². The number of rotatable bonds is 2. The van der Waals surface area contributed by atoms with Gasteiger partial charge in [-0.25, -0.2) is 9.18 Å².